The molecule has 0 bridgehead atoms. The van der Waals surface area contributed by atoms with E-state index in [2.05, 4.69) is 50.4 Å². The standard InChI is InChI=1S/C25H40N4O3.HI/c1-3-31-24(30)22-11-7-15-29(20-22)25(26-2)27-14-8-18-32-23-12-16-28(17-13-23)19-21-9-5-4-6-10-21;/h4-6,9-10,22-23H,3,7-8,11-20H2,1-2H3,(H,26,27);1H/t22-;/m1./s1. The molecule has 0 saturated carbocycles. The van der Waals surface area contributed by atoms with Gasteiger partial charge in [-0.05, 0) is 44.6 Å². The number of halogens is 1. The van der Waals surface area contributed by atoms with Crippen LogP contribution in [0.15, 0.2) is 35.3 Å². The van der Waals surface area contributed by atoms with E-state index in [4.69, 9.17) is 9.47 Å². The zero-order valence-corrected chi connectivity index (χ0v) is 22.5. The molecule has 186 valence electrons. The molecule has 0 aromatic heterocycles. The largest absolute Gasteiger partial charge is 0.466 e. The maximum atomic E-state index is 12.1. The normalized spacial score (nSPS) is 20.2. The lowest BCUT2D eigenvalue weighted by Gasteiger charge is -2.34. The van der Waals surface area contributed by atoms with Crippen molar-refractivity contribution in [3.63, 3.8) is 0 Å². The molecule has 7 nitrogen and oxygen atoms in total. The second kappa shape index (κ2) is 15.5. The summed E-state index contributed by atoms with van der Waals surface area (Å²) in [7, 11) is 1.80. The Labute approximate surface area is 216 Å². The van der Waals surface area contributed by atoms with Crippen molar-refractivity contribution < 1.29 is 14.3 Å². The first kappa shape index (κ1) is 27.9. The smallest absolute Gasteiger partial charge is 0.310 e. The molecular weight excluding hydrogens is 531 g/mol. The van der Waals surface area contributed by atoms with Gasteiger partial charge in [-0.2, -0.15) is 0 Å². The highest BCUT2D eigenvalue weighted by Gasteiger charge is 2.28. The van der Waals surface area contributed by atoms with Crippen LogP contribution in [0.5, 0.6) is 0 Å². The van der Waals surface area contributed by atoms with E-state index < -0.39 is 0 Å². The maximum absolute atomic E-state index is 12.1. The summed E-state index contributed by atoms with van der Waals surface area (Å²) < 4.78 is 11.3. The first-order chi connectivity index (χ1) is 15.7. The fourth-order valence-electron chi connectivity index (χ4n) is 4.55. The fourth-order valence-corrected chi connectivity index (χ4v) is 4.55. The van der Waals surface area contributed by atoms with Crippen molar-refractivity contribution in [3.8, 4) is 0 Å². The minimum atomic E-state index is -0.0872. The summed E-state index contributed by atoms with van der Waals surface area (Å²) in [6.07, 6.45) is 5.39. The average molecular weight is 573 g/mol. The Balaban J connectivity index is 0.00000385. The van der Waals surface area contributed by atoms with Gasteiger partial charge in [0.15, 0.2) is 5.96 Å². The number of nitrogens with one attached hydrogen (secondary N) is 1. The van der Waals surface area contributed by atoms with E-state index in [9.17, 15) is 4.79 Å². The number of hydrogen-bond acceptors (Lipinski definition) is 5. The molecule has 0 amide bonds. The fraction of sp³-hybridized carbons (Fsp3) is 0.680. The molecule has 1 N–H and O–H groups in total. The van der Waals surface area contributed by atoms with Crippen molar-refractivity contribution in [2.45, 2.75) is 51.7 Å². The number of carbonyl (C=O) groups excluding carboxylic acids is 1. The van der Waals surface area contributed by atoms with Crippen LogP contribution in [0, 0.1) is 5.92 Å². The van der Waals surface area contributed by atoms with Crippen molar-refractivity contribution in [2.75, 3.05) is 53.0 Å². The molecule has 1 atom stereocenters. The van der Waals surface area contributed by atoms with Gasteiger partial charge in [0.2, 0.25) is 0 Å². The average Bonchev–Trinajstić information content (AvgIpc) is 2.83. The zero-order chi connectivity index (χ0) is 22.6. The number of aliphatic imine (C=N–C) groups is 1. The predicted molar refractivity (Wildman–Crippen MR) is 143 cm³/mol. The summed E-state index contributed by atoms with van der Waals surface area (Å²) >= 11 is 0. The number of benzene rings is 1. The molecule has 1 aromatic rings. The summed E-state index contributed by atoms with van der Waals surface area (Å²) in [5.41, 5.74) is 1.38. The van der Waals surface area contributed by atoms with Gasteiger partial charge in [-0.1, -0.05) is 30.3 Å². The minimum Gasteiger partial charge on any atom is -0.466 e. The van der Waals surface area contributed by atoms with Crippen LogP contribution in [0.1, 0.15) is 44.6 Å². The van der Waals surface area contributed by atoms with Gasteiger partial charge in [-0.3, -0.25) is 14.7 Å². The lowest BCUT2D eigenvalue weighted by atomic mass is 9.98. The molecule has 2 saturated heterocycles. The lowest BCUT2D eigenvalue weighted by Crippen LogP contribution is -2.48. The van der Waals surface area contributed by atoms with Crippen molar-refractivity contribution in [2.24, 2.45) is 10.9 Å². The molecule has 33 heavy (non-hydrogen) atoms. The summed E-state index contributed by atoms with van der Waals surface area (Å²) in [5.74, 6) is 0.724. The molecule has 0 unspecified atom stereocenters. The Morgan fingerprint density at radius 1 is 1.15 bits per heavy atom. The Kier molecular flexibility index (Phi) is 13.1. The third-order valence-corrected chi connectivity index (χ3v) is 6.29. The highest BCUT2D eigenvalue weighted by molar-refractivity contribution is 14.0. The predicted octanol–water partition coefficient (Wildman–Crippen LogP) is 3.53. The first-order valence-electron chi connectivity index (χ1n) is 12.2. The van der Waals surface area contributed by atoms with Crippen LogP contribution in [-0.2, 0) is 20.8 Å². The van der Waals surface area contributed by atoms with Crippen molar-refractivity contribution >= 4 is 35.9 Å². The third-order valence-electron chi connectivity index (χ3n) is 6.29. The van der Waals surface area contributed by atoms with Crippen molar-refractivity contribution in [1.29, 1.82) is 0 Å². The number of ether oxygens (including phenoxy) is 2. The Hall–Kier alpha value is -1.39. The molecule has 2 fully saturated rings. The van der Waals surface area contributed by atoms with Gasteiger partial charge in [0, 0.05) is 52.9 Å². The summed E-state index contributed by atoms with van der Waals surface area (Å²) in [6, 6.07) is 10.7. The summed E-state index contributed by atoms with van der Waals surface area (Å²) in [5, 5.41) is 3.44. The van der Waals surface area contributed by atoms with E-state index in [1.165, 1.54) is 5.56 Å². The van der Waals surface area contributed by atoms with Crippen LogP contribution < -0.4 is 5.32 Å². The number of piperidine rings is 2. The molecule has 2 aliphatic rings. The quantitative estimate of drug-likeness (QED) is 0.161. The van der Waals surface area contributed by atoms with E-state index in [0.29, 0.717) is 19.3 Å². The summed E-state index contributed by atoms with van der Waals surface area (Å²) in [6.45, 7) is 8.71. The SMILES string of the molecule is CCOC(=O)[C@@H]1CCCN(C(=NC)NCCCOC2CCN(Cc3ccccc3)CC2)C1.I. The van der Waals surface area contributed by atoms with Crippen LogP contribution in [0.25, 0.3) is 0 Å². The highest BCUT2D eigenvalue weighted by Crippen LogP contribution is 2.18. The second-order valence-corrected chi connectivity index (χ2v) is 8.70. The van der Waals surface area contributed by atoms with Gasteiger partial charge < -0.3 is 19.7 Å². The lowest BCUT2D eigenvalue weighted by molar-refractivity contribution is -0.149. The van der Waals surface area contributed by atoms with Crippen molar-refractivity contribution in [3.05, 3.63) is 35.9 Å². The number of carbonyl (C=O) groups is 1. The Bertz CT molecular complexity index is 711. The maximum Gasteiger partial charge on any atom is 0.310 e. The van der Waals surface area contributed by atoms with Crippen LogP contribution in [0.2, 0.25) is 0 Å². The molecule has 0 spiro atoms. The zero-order valence-electron chi connectivity index (χ0n) is 20.2. The Morgan fingerprint density at radius 3 is 2.61 bits per heavy atom. The first-order valence-corrected chi connectivity index (χ1v) is 12.2. The van der Waals surface area contributed by atoms with Gasteiger partial charge in [0.05, 0.1) is 18.6 Å². The van der Waals surface area contributed by atoms with E-state index in [1.807, 2.05) is 6.92 Å². The van der Waals surface area contributed by atoms with Crippen LogP contribution >= 0.6 is 24.0 Å². The van der Waals surface area contributed by atoms with E-state index >= 15 is 0 Å². The number of rotatable bonds is 9. The molecular formula is C25H41IN4O3. The monoisotopic (exact) mass is 572 g/mol. The van der Waals surface area contributed by atoms with Crippen LogP contribution in [-0.4, -0.2) is 80.8 Å². The number of nitrogens with zero attached hydrogens (tertiary/aromatic N) is 3. The van der Waals surface area contributed by atoms with Crippen molar-refractivity contribution in [1.82, 2.24) is 15.1 Å². The summed E-state index contributed by atoms with van der Waals surface area (Å²) in [4.78, 5) is 21.2. The molecule has 2 aliphatic heterocycles. The molecule has 0 radical (unpaired) electrons. The number of hydrogen-bond donors (Lipinski definition) is 1. The topological polar surface area (TPSA) is 66.4 Å². The molecule has 1 aromatic carbocycles. The van der Waals surface area contributed by atoms with Gasteiger partial charge in [-0.25, -0.2) is 0 Å². The molecule has 3 rings (SSSR count). The highest BCUT2D eigenvalue weighted by atomic mass is 127. The number of likely N-dealkylation sites (tertiary alicyclic amines) is 2. The van der Waals surface area contributed by atoms with Gasteiger partial charge in [0.25, 0.3) is 0 Å². The third kappa shape index (κ3) is 9.41. The molecule has 8 heteroatoms. The van der Waals surface area contributed by atoms with Crippen LogP contribution in [0.4, 0.5) is 0 Å². The van der Waals surface area contributed by atoms with Crippen LogP contribution in [0.3, 0.4) is 0 Å². The minimum absolute atomic E-state index is 0. The number of esters is 1. The number of guanidine groups is 1. The van der Waals surface area contributed by atoms with Gasteiger partial charge in [0.1, 0.15) is 0 Å². The molecule has 2 heterocycles. The van der Waals surface area contributed by atoms with E-state index in [1.54, 1.807) is 7.05 Å². The van der Waals surface area contributed by atoms with Gasteiger partial charge >= 0.3 is 5.97 Å². The molecule has 0 aliphatic carbocycles. The van der Waals surface area contributed by atoms with E-state index in [0.717, 1.165) is 77.4 Å². The van der Waals surface area contributed by atoms with E-state index in [-0.39, 0.29) is 35.9 Å². The second-order valence-electron chi connectivity index (χ2n) is 8.70. The Morgan fingerprint density at radius 2 is 1.91 bits per heavy atom. The van der Waals surface area contributed by atoms with Gasteiger partial charge in [-0.15, -0.1) is 24.0 Å².